The van der Waals surface area contributed by atoms with Crippen LogP contribution >= 0.6 is 19.4 Å². The number of hydrogen-bond acceptors (Lipinski definition) is 9. The van der Waals surface area contributed by atoms with E-state index in [1.807, 2.05) is 48.5 Å². The van der Waals surface area contributed by atoms with Crippen LogP contribution < -0.4 is 19.7 Å². The average molecular weight is 658 g/mol. The highest BCUT2D eigenvalue weighted by Crippen LogP contribution is 2.48. The van der Waals surface area contributed by atoms with Crippen LogP contribution in [0.3, 0.4) is 0 Å². The van der Waals surface area contributed by atoms with E-state index in [-0.39, 0.29) is 11.7 Å². The zero-order valence-corrected chi connectivity index (χ0v) is 27.2. The van der Waals surface area contributed by atoms with Gasteiger partial charge in [-0.2, -0.15) is 9.55 Å². The molecular formula is C33H32N5O6PS. The van der Waals surface area contributed by atoms with E-state index in [9.17, 15) is 14.2 Å². The Hall–Kier alpha value is -4.90. The Morgan fingerprint density at radius 1 is 0.957 bits per heavy atom. The molecule has 236 valence electrons. The summed E-state index contributed by atoms with van der Waals surface area (Å²) >= 11 is 1.37. The third kappa shape index (κ3) is 7.31. The van der Waals surface area contributed by atoms with Crippen LogP contribution in [-0.4, -0.2) is 53.7 Å². The van der Waals surface area contributed by atoms with Crippen molar-refractivity contribution in [3.63, 3.8) is 0 Å². The third-order valence-electron chi connectivity index (χ3n) is 6.80. The predicted molar refractivity (Wildman–Crippen MR) is 178 cm³/mol. The van der Waals surface area contributed by atoms with Crippen LogP contribution in [0.5, 0.6) is 11.5 Å². The summed E-state index contributed by atoms with van der Waals surface area (Å²) in [6.07, 6.45) is 5.26. The molecule has 2 N–H and O–H groups in total. The Labute approximate surface area is 270 Å². The summed E-state index contributed by atoms with van der Waals surface area (Å²) < 4.78 is 32.5. The first-order chi connectivity index (χ1) is 22.2. The van der Waals surface area contributed by atoms with Crippen molar-refractivity contribution in [1.82, 2.24) is 24.9 Å². The number of pyridine rings is 1. The van der Waals surface area contributed by atoms with Crippen molar-refractivity contribution in [2.24, 2.45) is 0 Å². The fourth-order valence-corrected chi connectivity index (χ4v) is 7.39. The molecule has 0 spiro atoms. The molecule has 0 bridgehead atoms. The lowest BCUT2D eigenvalue weighted by atomic mass is 10.2. The van der Waals surface area contributed by atoms with Crippen LogP contribution in [0.25, 0.3) is 23.1 Å². The van der Waals surface area contributed by atoms with Crippen LogP contribution in [0.15, 0.2) is 101 Å². The van der Waals surface area contributed by atoms with E-state index < -0.39 is 19.7 Å². The topological polar surface area (TPSA) is 134 Å². The molecule has 46 heavy (non-hydrogen) atoms. The van der Waals surface area contributed by atoms with Crippen LogP contribution in [0.4, 0.5) is 0 Å². The molecule has 0 radical (unpaired) electrons. The van der Waals surface area contributed by atoms with E-state index in [1.165, 1.54) is 30.2 Å². The minimum atomic E-state index is -4.20. The Kier molecular flexibility index (Phi) is 10.2. The number of ether oxygens (including phenoxy) is 2. The van der Waals surface area contributed by atoms with Gasteiger partial charge < -0.3 is 19.3 Å². The van der Waals surface area contributed by atoms with E-state index in [4.69, 9.17) is 19.1 Å². The molecule has 0 saturated heterocycles. The molecule has 2 aromatic heterocycles. The molecule has 5 rings (SSSR count). The second kappa shape index (κ2) is 14.5. The van der Waals surface area contributed by atoms with E-state index >= 15 is 0 Å². The molecule has 2 atom stereocenters. The number of rotatable bonds is 12. The van der Waals surface area contributed by atoms with Gasteiger partial charge in [-0.1, -0.05) is 30.0 Å². The zero-order valence-electron chi connectivity index (χ0n) is 25.5. The molecule has 0 saturated carbocycles. The normalized spacial score (nSPS) is 13.2. The molecule has 0 aliphatic heterocycles. The van der Waals surface area contributed by atoms with Gasteiger partial charge in [0.05, 0.1) is 36.7 Å². The number of fused-ring (bicyclic) bond motifs is 1. The Morgan fingerprint density at radius 3 is 2.39 bits per heavy atom. The van der Waals surface area contributed by atoms with Crippen molar-refractivity contribution in [2.75, 3.05) is 21.3 Å². The molecule has 1 amide bonds. The molecule has 1 unspecified atom stereocenters. The minimum absolute atomic E-state index is 0.213. The van der Waals surface area contributed by atoms with Crippen molar-refractivity contribution in [1.29, 1.82) is 0 Å². The molecule has 11 nitrogen and oxygen atoms in total. The molecular weight excluding hydrogens is 625 g/mol. The first-order valence-electron chi connectivity index (χ1n) is 14.2. The second-order valence-electron chi connectivity index (χ2n) is 9.88. The van der Waals surface area contributed by atoms with E-state index in [0.717, 1.165) is 9.79 Å². The van der Waals surface area contributed by atoms with Crippen molar-refractivity contribution in [2.45, 2.75) is 22.8 Å². The van der Waals surface area contributed by atoms with Gasteiger partial charge in [-0.25, -0.2) is 9.65 Å². The largest absolute Gasteiger partial charge is 0.497 e. The van der Waals surface area contributed by atoms with Crippen LogP contribution in [0.2, 0.25) is 0 Å². The maximum atomic E-state index is 15.0. The maximum absolute atomic E-state index is 15.0. The lowest BCUT2D eigenvalue weighted by Crippen LogP contribution is -2.36. The summed E-state index contributed by atoms with van der Waals surface area (Å²) in [7, 11) is 0.169. The summed E-state index contributed by atoms with van der Waals surface area (Å²) in [5, 5.41) is 10.9. The van der Waals surface area contributed by atoms with Gasteiger partial charge >= 0.3 is 13.6 Å². The van der Waals surface area contributed by atoms with Crippen molar-refractivity contribution in [3.05, 3.63) is 108 Å². The van der Waals surface area contributed by atoms with Crippen molar-refractivity contribution >= 4 is 54.4 Å². The number of nitrogens with zero attached hydrogens (tertiary/aromatic N) is 3. The summed E-state index contributed by atoms with van der Waals surface area (Å²) in [4.78, 5) is 30.9. The van der Waals surface area contributed by atoms with Gasteiger partial charge in [0.15, 0.2) is 0 Å². The fraction of sp³-hybridized carbons (Fsp3) is 0.152. The Bertz CT molecular complexity index is 1930. The number of aromatic nitrogens is 3. The van der Waals surface area contributed by atoms with Gasteiger partial charge in [0.25, 0.3) is 5.91 Å². The SMILES string of the molecule is CNC(=O)c1ccccc1Sc1ccc2c(/C=C/c3ccccn3)nn(P(=O)(N[C@@H](C)C(=O)OC)Oc3ccc(OC)cc3)c2c1. The van der Waals surface area contributed by atoms with Gasteiger partial charge in [0, 0.05) is 28.4 Å². The number of amides is 1. The maximum Gasteiger partial charge on any atom is 0.440 e. The zero-order chi connectivity index (χ0) is 32.7. The van der Waals surface area contributed by atoms with E-state index in [0.29, 0.717) is 33.6 Å². The summed E-state index contributed by atoms with van der Waals surface area (Å²) in [6.45, 7) is 1.53. The third-order valence-corrected chi connectivity index (χ3v) is 9.84. The van der Waals surface area contributed by atoms with E-state index in [2.05, 4.69) is 15.4 Å². The first kappa shape index (κ1) is 32.5. The van der Waals surface area contributed by atoms with Gasteiger partial charge in [-0.15, -0.1) is 0 Å². The van der Waals surface area contributed by atoms with Crippen molar-refractivity contribution in [3.8, 4) is 11.5 Å². The van der Waals surface area contributed by atoms with Gasteiger partial charge in [0.1, 0.15) is 17.5 Å². The predicted octanol–water partition coefficient (Wildman–Crippen LogP) is 6.31. The number of carbonyl (C=O) groups excluding carboxylic acids is 2. The quantitative estimate of drug-likeness (QED) is 0.116. The summed E-state index contributed by atoms with van der Waals surface area (Å²) in [5.41, 5.74) is 2.18. The van der Waals surface area contributed by atoms with E-state index in [1.54, 1.807) is 68.9 Å². The smallest absolute Gasteiger partial charge is 0.440 e. The van der Waals surface area contributed by atoms with Gasteiger partial charge in [-0.3, -0.25) is 14.6 Å². The number of nitrogens with one attached hydrogen (secondary N) is 2. The molecule has 5 aromatic rings. The number of esters is 1. The Balaban J connectivity index is 1.66. The molecule has 0 aliphatic rings. The van der Waals surface area contributed by atoms with Gasteiger partial charge in [0.2, 0.25) is 0 Å². The minimum Gasteiger partial charge on any atom is -0.497 e. The molecule has 3 aromatic carbocycles. The first-order valence-corrected chi connectivity index (χ1v) is 16.5. The molecule has 0 fully saturated rings. The fourth-order valence-electron chi connectivity index (χ4n) is 4.51. The monoisotopic (exact) mass is 657 g/mol. The average Bonchev–Trinajstić information content (AvgIpc) is 3.46. The van der Waals surface area contributed by atoms with Crippen LogP contribution in [0.1, 0.15) is 28.7 Å². The standard InChI is InChI=1S/C33H32N5O6PS/c1-22(33(40)43-4)37-45(41,44-25-15-13-24(42-3)14-16-25)38-30-21-26(46-31-11-6-5-10-28(31)32(39)34-2)17-18-27(30)29(36-38)19-12-23-9-7-8-20-35-23/h5-22H,1-4H3,(H,34,39)(H,37,41)/b19-12+/t22-,45?/m0/s1. The number of methoxy groups -OCH3 is 2. The summed E-state index contributed by atoms with van der Waals surface area (Å²) in [5.74, 6) is -0.00175. The molecule has 2 heterocycles. The summed E-state index contributed by atoms with van der Waals surface area (Å²) in [6, 6.07) is 23.9. The second-order valence-corrected chi connectivity index (χ2v) is 12.9. The van der Waals surface area contributed by atoms with Crippen molar-refractivity contribution < 1.29 is 28.2 Å². The number of hydrogen-bond donors (Lipinski definition) is 2. The number of benzene rings is 3. The highest BCUT2D eigenvalue weighted by Gasteiger charge is 2.36. The lowest BCUT2D eigenvalue weighted by molar-refractivity contribution is -0.142. The lowest BCUT2D eigenvalue weighted by Gasteiger charge is -2.23. The number of carbonyl (C=O) groups is 2. The molecule has 0 aliphatic carbocycles. The molecule has 13 heteroatoms. The van der Waals surface area contributed by atoms with Crippen LogP contribution in [-0.2, 0) is 14.1 Å². The highest BCUT2D eigenvalue weighted by molar-refractivity contribution is 7.99. The highest BCUT2D eigenvalue weighted by atomic mass is 32.2. The Morgan fingerprint density at radius 2 is 1.70 bits per heavy atom. The van der Waals surface area contributed by atoms with Gasteiger partial charge in [-0.05, 0) is 85.8 Å². The van der Waals surface area contributed by atoms with Crippen LogP contribution in [0, 0.1) is 0 Å².